The van der Waals surface area contributed by atoms with Gasteiger partial charge in [-0.1, -0.05) is 0 Å². The fraction of sp³-hybridized carbons (Fsp3) is 0.435. The highest BCUT2D eigenvalue weighted by molar-refractivity contribution is 5.92. The minimum atomic E-state index is -0.988. The Morgan fingerprint density at radius 3 is 2.74 bits per heavy atom. The molecule has 7 nitrogen and oxygen atoms in total. The number of carbonyl (C=O) groups is 1. The molecule has 2 aliphatic rings. The first-order valence-corrected chi connectivity index (χ1v) is 11.3. The number of nitrogens with zero attached hydrogens (tertiary/aromatic N) is 3. The third kappa shape index (κ3) is 4.51. The van der Waals surface area contributed by atoms with Gasteiger partial charge in [-0.05, 0) is 38.2 Å². The van der Waals surface area contributed by atoms with E-state index in [1.165, 1.54) is 17.2 Å². The van der Waals surface area contributed by atoms with E-state index in [1.807, 2.05) is 0 Å². The van der Waals surface area contributed by atoms with E-state index in [0.29, 0.717) is 30.4 Å². The number of fused-ring (bicyclic) bond motifs is 1. The number of hydrogen-bond acceptors (Lipinski definition) is 4. The maximum Gasteiger partial charge on any atom is 0.317 e. The largest absolute Gasteiger partial charge is 0.365 e. The Labute approximate surface area is 193 Å². The number of rotatable bonds is 4. The summed E-state index contributed by atoms with van der Waals surface area (Å²) in [6.45, 7) is 0.489. The minimum Gasteiger partial charge on any atom is -0.365 e. The summed E-state index contributed by atoms with van der Waals surface area (Å²) < 4.78 is 56.3. The second-order valence-electron chi connectivity index (χ2n) is 8.89. The predicted molar refractivity (Wildman–Crippen MR) is 118 cm³/mol. The molecule has 2 amide bonds. The van der Waals surface area contributed by atoms with Gasteiger partial charge in [0.25, 0.3) is 0 Å². The summed E-state index contributed by atoms with van der Waals surface area (Å²) in [7, 11) is 0. The van der Waals surface area contributed by atoms with Crippen molar-refractivity contribution in [3.8, 4) is 11.3 Å². The van der Waals surface area contributed by atoms with Gasteiger partial charge in [-0.15, -0.1) is 0 Å². The Morgan fingerprint density at radius 1 is 1.12 bits per heavy atom. The molecular formula is C23H24F4N6O. The van der Waals surface area contributed by atoms with Crippen LogP contribution in [0.25, 0.3) is 22.3 Å². The Kier molecular flexibility index (Phi) is 6.01. The van der Waals surface area contributed by atoms with Crippen LogP contribution in [0.1, 0.15) is 32.1 Å². The van der Waals surface area contributed by atoms with Gasteiger partial charge in [-0.3, -0.25) is 0 Å². The van der Waals surface area contributed by atoms with E-state index in [1.54, 1.807) is 0 Å². The lowest BCUT2D eigenvalue weighted by atomic mass is 9.91. The number of nitrogens with one attached hydrogen (secondary N) is 3. The number of hydrogen-bond donors (Lipinski definition) is 3. The summed E-state index contributed by atoms with van der Waals surface area (Å²) in [5, 5.41) is 6.32. The summed E-state index contributed by atoms with van der Waals surface area (Å²) in [6, 6.07) is 1.32. The molecule has 180 valence electrons. The molecule has 1 unspecified atom stereocenters. The van der Waals surface area contributed by atoms with Crippen molar-refractivity contribution in [2.24, 2.45) is 0 Å². The molecule has 0 spiro atoms. The van der Waals surface area contributed by atoms with Crippen molar-refractivity contribution in [2.45, 2.75) is 50.4 Å². The standard InChI is InChI=1S/C23H24F4N6O/c24-12-4-5-33(11-12)23(34)31-15-3-1-2-14(7-15)30-22-19(27)8-18(26)20(32-22)17-10-29-21-16(17)6-13(25)9-28-21/h6,8-10,12,14-15H,1-5,7,11H2,(H,28,29)(H,30,32)(H,31,34)/t12?,14-,15+/m0/s1. The van der Waals surface area contributed by atoms with Gasteiger partial charge in [0, 0.05) is 41.8 Å². The number of carbonyl (C=O) groups excluding carboxylic acids is 1. The molecule has 1 saturated carbocycles. The molecule has 1 aliphatic carbocycles. The number of urea groups is 1. The van der Waals surface area contributed by atoms with Gasteiger partial charge in [0.05, 0.1) is 12.7 Å². The zero-order valence-electron chi connectivity index (χ0n) is 18.3. The fourth-order valence-corrected chi connectivity index (χ4v) is 4.74. The quantitative estimate of drug-likeness (QED) is 0.484. The number of pyridine rings is 2. The van der Waals surface area contributed by atoms with E-state index in [2.05, 4.69) is 25.6 Å². The van der Waals surface area contributed by atoms with Crippen molar-refractivity contribution < 1.29 is 22.4 Å². The molecule has 0 aromatic carbocycles. The third-order valence-electron chi connectivity index (χ3n) is 6.44. The van der Waals surface area contributed by atoms with Crippen LogP contribution in [0.5, 0.6) is 0 Å². The van der Waals surface area contributed by atoms with Crippen LogP contribution in [-0.4, -0.2) is 57.2 Å². The average Bonchev–Trinajstić information content (AvgIpc) is 3.42. The summed E-state index contributed by atoms with van der Waals surface area (Å²) in [5.74, 6) is -2.42. The van der Waals surface area contributed by atoms with Crippen LogP contribution in [0.2, 0.25) is 0 Å². The van der Waals surface area contributed by atoms with E-state index in [9.17, 15) is 22.4 Å². The average molecular weight is 476 g/mol. The smallest absolute Gasteiger partial charge is 0.317 e. The molecule has 34 heavy (non-hydrogen) atoms. The van der Waals surface area contributed by atoms with Crippen molar-refractivity contribution in [2.75, 3.05) is 18.4 Å². The molecule has 0 bridgehead atoms. The van der Waals surface area contributed by atoms with Crippen LogP contribution in [0.4, 0.5) is 28.2 Å². The molecule has 4 heterocycles. The number of anilines is 1. The zero-order chi connectivity index (χ0) is 23.8. The lowest BCUT2D eigenvalue weighted by Gasteiger charge is -2.32. The molecule has 3 N–H and O–H groups in total. The maximum absolute atomic E-state index is 14.6. The van der Waals surface area contributed by atoms with Gasteiger partial charge in [-0.2, -0.15) is 0 Å². The van der Waals surface area contributed by atoms with Crippen molar-refractivity contribution in [1.29, 1.82) is 0 Å². The zero-order valence-corrected chi connectivity index (χ0v) is 18.3. The van der Waals surface area contributed by atoms with Crippen LogP contribution >= 0.6 is 0 Å². The first kappa shape index (κ1) is 22.4. The Balaban J connectivity index is 1.32. The Morgan fingerprint density at radius 2 is 1.94 bits per heavy atom. The number of aromatic nitrogens is 3. The van der Waals surface area contributed by atoms with E-state index < -0.39 is 23.6 Å². The number of H-pyrrole nitrogens is 1. The Hall–Kier alpha value is -3.37. The molecule has 5 rings (SSSR count). The second-order valence-corrected chi connectivity index (χ2v) is 8.89. The SMILES string of the molecule is O=C(N[C@@H]1CCC[C@H](Nc2nc(-c3c[nH]c4ncc(F)cc34)c(F)cc2F)C1)N1CCC(F)C1. The van der Waals surface area contributed by atoms with Gasteiger partial charge in [0.15, 0.2) is 17.5 Å². The second kappa shape index (κ2) is 9.11. The molecular weight excluding hydrogens is 452 g/mol. The highest BCUT2D eigenvalue weighted by Crippen LogP contribution is 2.32. The molecule has 11 heteroatoms. The number of alkyl halides is 1. The molecule has 0 radical (unpaired) electrons. The van der Waals surface area contributed by atoms with Gasteiger partial charge < -0.3 is 20.5 Å². The molecule has 3 aromatic rings. The van der Waals surface area contributed by atoms with Crippen molar-refractivity contribution in [1.82, 2.24) is 25.2 Å². The van der Waals surface area contributed by atoms with Gasteiger partial charge >= 0.3 is 6.03 Å². The summed E-state index contributed by atoms with van der Waals surface area (Å²) in [5.41, 5.74) is 0.505. The topological polar surface area (TPSA) is 85.9 Å². The molecule has 1 saturated heterocycles. The molecule has 3 aromatic heterocycles. The number of aromatic amines is 1. The molecule has 2 fully saturated rings. The van der Waals surface area contributed by atoms with Crippen LogP contribution in [-0.2, 0) is 0 Å². The first-order valence-electron chi connectivity index (χ1n) is 11.3. The third-order valence-corrected chi connectivity index (χ3v) is 6.44. The van der Waals surface area contributed by atoms with Crippen LogP contribution in [0.15, 0.2) is 24.5 Å². The van der Waals surface area contributed by atoms with E-state index in [4.69, 9.17) is 0 Å². The monoisotopic (exact) mass is 476 g/mol. The Bertz CT molecular complexity index is 1220. The fourth-order valence-electron chi connectivity index (χ4n) is 4.74. The summed E-state index contributed by atoms with van der Waals surface area (Å²) >= 11 is 0. The van der Waals surface area contributed by atoms with Gasteiger partial charge in [0.1, 0.15) is 23.3 Å². The molecule has 1 aliphatic heterocycles. The van der Waals surface area contributed by atoms with Gasteiger partial charge in [0.2, 0.25) is 0 Å². The van der Waals surface area contributed by atoms with Crippen LogP contribution < -0.4 is 10.6 Å². The van der Waals surface area contributed by atoms with E-state index in [-0.39, 0.29) is 41.7 Å². The minimum absolute atomic E-state index is 0.0982. The van der Waals surface area contributed by atoms with Crippen molar-refractivity contribution in [3.63, 3.8) is 0 Å². The predicted octanol–water partition coefficient (Wildman–Crippen LogP) is 4.52. The van der Waals surface area contributed by atoms with Gasteiger partial charge in [-0.25, -0.2) is 32.3 Å². The van der Waals surface area contributed by atoms with Crippen LogP contribution in [0.3, 0.4) is 0 Å². The molecule has 3 atom stereocenters. The van der Waals surface area contributed by atoms with E-state index in [0.717, 1.165) is 31.5 Å². The lowest BCUT2D eigenvalue weighted by molar-refractivity contribution is 0.195. The summed E-state index contributed by atoms with van der Waals surface area (Å²) in [6.07, 6.45) is 4.65. The number of likely N-dealkylation sites (tertiary alicyclic amines) is 1. The number of amides is 2. The first-order chi connectivity index (χ1) is 16.4. The highest BCUT2D eigenvalue weighted by atomic mass is 19.1. The highest BCUT2D eigenvalue weighted by Gasteiger charge is 2.30. The number of halogens is 4. The van der Waals surface area contributed by atoms with Crippen molar-refractivity contribution >= 4 is 22.9 Å². The summed E-state index contributed by atoms with van der Waals surface area (Å²) in [4.78, 5) is 24.8. The maximum atomic E-state index is 14.6. The normalized spacial score (nSPS) is 22.8. The van der Waals surface area contributed by atoms with Crippen molar-refractivity contribution in [3.05, 3.63) is 42.0 Å². The van der Waals surface area contributed by atoms with Crippen LogP contribution in [0, 0.1) is 17.5 Å². The lowest BCUT2D eigenvalue weighted by Crippen LogP contribution is -2.47. The van der Waals surface area contributed by atoms with E-state index >= 15 is 0 Å².